The summed E-state index contributed by atoms with van der Waals surface area (Å²) >= 11 is 5.59. The van der Waals surface area contributed by atoms with Gasteiger partial charge in [-0.25, -0.2) is 4.79 Å². The Morgan fingerprint density at radius 3 is 2.28 bits per heavy atom. The van der Waals surface area contributed by atoms with Gasteiger partial charge < -0.3 is 20.7 Å². The highest BCUT2D eigenvalue weighted by Crippen LogP contribution is 2.36. The van der Waals surface area contributed by atoms with Crippen LogP contribution in [0.25, 0.3) is 0 Å². The summed E-state index contributed by atoms with van der Waals surface area (Å²) in [6.07, 6.45) is -1.87. The van der Waals surface area contributed by atoms with Crippen LogP contribution in [0.4, 0.5) is 23.7 Å². The minimum absolute atomic E-state index is 0.0106. The van der Waals surface area contributed by atoms with Crippen LogP contribution in [0, 0.1) is 0 Å². The fourth-order valence-electron chi connectivity index (χ4n) is 3.52. The number of carbonyl (C=O) groups is 2. The summed E-state index contributed by atoms with van der Waals surface area (Å²) in [6, 6.07) is 9.39. The maximum absolute atomic E-state index is 13.0. The molecule has 1 aliphatic carbocycles. The number of alkyl halides is 3. The zero-order valence-electron chi connectivity index (χ0n) is 17.3. The summed E-state index contributed by atoms with van der Waals surface area (Å²) < 4.78 is 44.8. The molecule has 0 heterocycles. The molecule has 32 heavy (non-hydrogen) atoms. The fourth-order valence-corrected chi connectivity index (χ4v) is 3.74. The van der Waals surface area contributed by atoms with E-state index in [9.17, 15) is 22.8 Å². The molecule has 0 saturated heterocycles. The van der Waals surface area contributed by atoms with Crippen molar-refractivity contribution in [2.24, 2.45) is 0 Å². The molecule has 3 amide bonds. The van der Waals surface area contributed by atoms with E-state index in [-0.39, 0.29) is 23.7 Å². The molecular formula is C22H23ClF3N3O3. The topological polar surface area (TPSA) is 79.5 Å². The second-order valence-electron chi connectivity index (χ2n) is 7.49. The number of halogens is 4. The van der Waals surface area contributed by atoms with Crippen LogP contribution in [-0.2, 0) is 6.18 Å². The Labute approximate surface area is 188 Å². The predicted molar refractivity (Wildman–Crippen MR) is 115 cm³/mol. The van der Waals surface area contributed by atoms with Gasteiger partial charge in [-0.2, -0.15) is 13.2 Å². The molecule has 0 atom stereocenters. The van der Waals surface area contributed by atoms with Crippen LogP contribution in [-0.4, -0.2) is 31.1 Å². The van der Waals surface area contributed by atoms with E-state index in [1.807, 2.05) is 0 Å². The van der Waals surface area contributed by atoms with Gasteiger partial charge in [-0.3, -0.25) is 4.79 Å². The molecule has 1 aliphatic rings. The van der Waals surface area contributed by atoms with Crippen molar-refractivity contribution >= 4 is 29.2 Å². The monoisotopic (exact) mass is 469 g/mol. The minimum atomic E-state index is -4.60. The smallest absolute Gasteiger partial charge is 0.417 e. The van der Waals surface area contributed by atoms with E-state index >= 15 is 0 Å². The molecule has 0 aromatic heterocycles. The van der Waals surface area contributed by atoms with Gasteiger partial charge in [0, 0.05) is 24.3 Å². The van der Waals surface area contributed by atoms with Crippen molar-refractivity contribution < 1.29 is 27.5 Å². The number of urea groups is 1. The molecule has 0 spiro atoms. The van der Waals surface area contributed by atoms with Crippen LogP contribution in [0.5, 0.6) is 5.75 Å². The first-order valence-electron chi connectivity index (χ1n) is 10.1. The summed E-state index contributed by atoms with van der Waals surface area (Å²) in [6.45, 7) is 0. The number of rotatable bonds is 5. The molecule has 6 nitrogen and oxygen atoms in total. The molecule has 0 bridgehead atoms. The molecule has 2 aromatic rings. The maximum Gasteiger partial charge on any atom is 0.417 e. The van der Waals surface area contributed by atoms with Crippen LogP contribution >= 0.6 is 11.6 Å². The van der Waals surface area contributed by atoms with E-state index in [1.165, 1.54) is 6.07 Å². The number of anilines is 1. The summed E-state index contributed by atoms with van der Waals surface area (Å²) in [5.74, 6) is 0.490. The van der Waals surface area contributed by atoms with E-state index in [4.69, 9.17) is 16.3 Å². The third-order valence-corrected chi connectivity index (χ3v) is 5.51. The molecule has 0 unspecified atom stereocenters. The Bertz CT molecular complexity index is 959. The number of carbonyl (C=O) groups excluding carboxylic acids is 2. The first kappa shape index (κ1) is 23.7. The van der Waals surface area contributed by atoms with Crippen molar-refractivity contribution in [3.8, 4) is 5.75 Å². The summed E-state index contributed by atoms with van der Waals surface area (Å²) in [7, 11) is 1.56. The number of hydrogen-bond acceptors (Lipinski definition) is 3. The zero-order valence-corrected chi connectivity index (χ0v) is 18.0. The van der Waals surface area contributed by atoms with Crippen molar-refractivity contribution in [3.05, 3.63) is 58.6 Å². The first-order valence-corrected chi connectivity index (χ1v) is 10.5. The van der Waals surface area contributed by atoms with Gasteiger partial charge in [0.25, 0.3) is 5.91 Å². The average molecular weight is 470 g/mol. The quantitative estimate of drug-likeness (QED) is 0.561. The molecule has 3 rings (SSSR count). The van der Waals surface area contributed by atoms with Crippen molar-refractivity contribution in [1.82, 2.24) is 10.6 Å². The minimum Gasteiger partial charge on any atom is -0.490 e. The van der Waals surface area contributed by atoms with Crippen molar-refractivity contribution in [1.29, 1.82) is 0 Å². The highest BCUT2D eigenvalue weighted by Gasteiger charge is 2.33. The third-order valence-electron chi connectivity index (χ3n) is 5.19. The van der Waals surface area contributed by atoms with Gasteiger partial charge in [-0.05, 0) is 68.1 Å². The van der Waals surface area contributed by atoms with Gasteiger partial charge in [-0.1, -0.05) is 11.6 Å². The van der Waals surface area contributed by atoms with Gasteiger partial charge in [-0.15, -0.1) is 0 Å². The Balaban J connectivity index is 1.47. The molecule has 2 aromatic carbocycles. The lowest BCUT2D eigenvalue weighted by molar-refractivity contribution is -0.137. The highest BCUT2D eigenvalue weighted by atomic mass is 35.5. The zero-order chi connectivity index (χ0) is 23.3. The lowest BCUT2D eigenvalue weighted by Crippen LogP contribution is -2.41. The normalized spacial score (nSPS) is 18.5. The number of hydrogen-bond donors (Lipinski definition) is 3. The van der Waals surface area contributed by atoms with Gasteiger partial charge in [0.05, 0.1) is 16.7 Å². The second kappa shape index (κ2) is 10.1. The third kappa shape index (κ3) is 6.29. The van der Waals surface area contributed by atoms with Crippen LogP contribution in [0.2, 0.25) is 5.02 Å². The van der Waals surface area contributed by atoms with E-state index in [2.05, 4.69) is 16.0 Å². The van der Waals surface area contributed by atoms with Crippen LogP contribution in [0.15, 0.2) is 42.5 Å². The SMILES string of the molecule is CNC(=O)c1ccc(OC2CCC(NC(=O)Nc3ccc(Cl)c(C(F)(F)F)c3)CC2)cc1. The van der Waals surface area contributed by atoms with Crippen LogP contribution in [0.3, 0.4) is 0 Å². The molecule has 10 heteroatoms. The number of benzene rings is 2. The first-order chi connectivity index (χ1) is 15.2. The van der Waals surface area contributed by atoms with E-state index in [1.54, 1.807) is 31.3 Å². The van der Waals surface area contributed by atoms with Crippen molar-refractivity contribution in [3.63, 3.8) is 0 Å². The molecule has 1 saturated carbocycles. The number of ether oxygens (including phenoxy) is 1. The van der Waals surface area contributed by atoms with Crippen LogP contribution in [0.1, 0.15) is 41.6 Å². The molecule has 0 aliphatic heterocycles. The fraction of sp³-hybridized carbons (Fsp3) is 0.364. The van der Waals surface area contributed by atoms with Gasteiger partial charge in [0.2, 0.25) is 0 Å². The molecule has 1 fully saturated rings. The van der Waals surface area contributed by atoms with E-state index in [0.717, 1.165) is 12.1 Å². The Morgan fingerprint density at radius 1 is 1.03 bits per heavy atom. The average Bonchev–Trinajstić information content (AvgIpc) is 2.75. The van der Waals surface area contributed by atoms with Crippen molar-refractivity contribution in [2.75, 3.05) is 12.4 Å². The molecule has 0 radical (unpaired) electrons. The van der Waals surface area contributed by atoms with E-state index < -0.39 is 22.8 Å². The maximum atomic E-state index is 13.0. The Kier molecular flexibility index (Phi) is 7.50. The standard InChI is InChI=1S/C22H23ClF3N3O3/c1-27-20(30)13-2-7-16(8-3-13)32-17-9-4-14(5-10-17)28-21(31)29-15-6-11-19(23)18(12-15)22(24,25)26/h2-3,6-8,11-12,14,17H,4-5,9-10H2,1H3,(H,27,30)(H2,28,29,31). The van der Waals surface area contributed by atoms with Gasteiger partial charge in [0.15, 0.2) is 0 Å². The van der Waals surface area contributed by atoms with Gasteiger partial charge in [0.1, 0.15) is 5.75 Å². The molecule has 3 N–H and O–H groups in total. The summed E-state index contributed by atoms with van der Waals surface area (Å²) in [5.41, 5.74) is -0.448. The predicted octanol–water partition coefficient (Wildman–Crippen LogP) is 5.23. The Hall–Kier alpha value is -2.94. The summed E-state index contributed by atoms with van der Waals surface area (Å²) in [5, 5.41) is 7.34. The van der Waals surface area contributed by atoms with E-state index in [0.29, 0.717) is 37.0 Å². The molecule has 172 valence electrons. The second-order valence-corrected chi connectivity index (χ2v) is 7.89. The number of amides is 3. The van der Waals surface area contributed by atoms with Gasteiger partial charge >= 0.3 is 12.2 Å². The highest BCUT2D eigenvalue weighted by molar-refractivity contribution is 6.31. The lowest BCUT2D eigenvalue weighted by Gasteiger charge is -2.29. The summed E-state index contributed by atoms with van der Waals surface area (Å²) in [4.78, 5) is 23.8. The largest absolute Gasteiger partial charge is 0.490 e. The Morgan fingerprint density at radius 2 is 1.69 bits per heavy atom. The van der Waals surface area contributed by atoms with Crippen LogP contribution < -0.4 is 20.7 Å². The molecular weight excluding hydrogens is 447 g/mol. The number of nitrogens with one attached hydrogen (secondary N) is 3. The van der Waals surface area contributed by atoms with Crippen molar-refractivity contribution in [2.45, 2.75) is 44.0 Å². The lowest BCUT2D eigenvalue weighted by atomic mass is 9.93.